The van der Waals surface area contributed by atoms with Crippen LogP contribution < -0.4 is 10.6 Å². The second-order valence-corrected chi connectivity index (χ2v) is 6.26. The van der Waals surface area contributed by atoms with Crippen LogP contribution in [0.2, 0.25) is 0 Å². The molecule has 2 N–H and O–H groups in total. The topological polar surface area (TPSA) is 76.2 Å². The molecule has 3 heterocycles. The lowest BCUT2D eigenvalue weighted by Gasteiger charge is -2.11. The number of hydrogen-bond donors (Lipinski definition) is 2. The number of rotatable bonds is 5. The molecule has 3 aromatic rings. The molecule has 7 heteroatoms. The molecule has 24 heavy (non-hydrogen) atoms. The predicted octanol–water partition coefficient (Wildman–Crippen LogP) is 2.82. The minimum absolute atomic E-state index is 0.259. The molecule has 0 spiro atoms. The fourth-order valence-corrected chi connectivity index (χ4v) is 2.59. The Morgan fingerprint density at radius 2 is 2.12 bits per heavy atom. The number of aryl methyl sites for hydroxylation is 1. The van der Waals surface area contributed by atoms with E-state index in [-0.39, 0.29) is 6.03 Å². The fraction of sp³-hybridized carbons (Fsp3) is 0.353. The Morgan fingerprint density at radius 1 is 1.29 bits per heavy atom. The van der Waals surface area contributed by atoms with E-state index < -0.39 is 0 Å². The molecule has 0 fully saturated rings. The summed E-state index contributed by atoms with van der Waals surface area (Å²) in [5, 5.41) is 5.67. The van der Waals surface area contributed by atoms with Gasteiger partial charge in [0.15, 0.2) is 0 Å². The lowest BCUT2D eigenvalue weighted by molar-refractivity contribution is 0.251. The Bertz CT molecular complexity index is 848. The molecular formula is C17H22N6O. The lowest BCUT2D eigenvalue weighted by atomic mass is 10.2. The molecule has 0 radical (unpaired) electrons. The molecule has 2 amide bonds. The van der Waals surface area contributed by atoms with Crippen LogP contribution in [0.1, 0.15) is 25.4 Å². The molecule has 3 rings (SSSR count). The molecule has 0 atom stereocenters. The zero-order chi connectivity index (χ0) is 17.1. The second kappa shape index (κ2) is 6.74. The van der Waals surface area contributed by atoms with Gasteiger partial charge in [-0.3, -0.25) is 0 Å². The first-order valence-electron chi connectivity index (χ1n) is 8.01. The van der Waals surface area contributed by atoms with E-state index in [9.17, 15) is 4.79 Å². The van der Waals surface area contributed by atoms with E-state index >= 15 is 0 Å². The molecule has 7 nitrogen and oxygen atoms in total. The number of nitrogens with one attached hydrogen (secondary N) is 2. The van der Waals surface area contributed by atoms with Crippen molar-refractivity contribution in [1.29, 1.82) is 0 Å². The molecule has 0 saturated heterocycles. The third-order valence-electron chi connectivity index (χ3n) is 3.60. The first kappa shape index (κ1) is 16.0. The third-order valence-corrected chi connectivity index (χ3v) is 3.60. The first-order valence-corrected chi connectivity index (χ1v) is 8.01. The van der Waals surface area contributed by atoms with E-state index in [2.05, 4.69) is 39.0 Å². The zero-order valence-electron chi connectivity index (χ0n) is 14.2. The average molecular weight is 326 g/mol. The quantitative estimate of drug-likeness (QED) is 0.757. The Balaban J connectivity index is 1.59. The minimum atomic E-state index is -0.259. The molecule has 0 aliphatic rings. The van der Waals surface area contributed by atoms with Crippen LogP contribution in [0.25, 0.3) is 5.65 Å². The standard InChI is InChI=1S/C17H22N6O/c1-12(2)9-22-7-6-18-16(22)8-19-17(24)21-14-4-5-15-20-13(3)10-23(15)11-14/h4-7,10-12H,8-9H2,1-3H3,(H2,19,21,24). The van der Waals surface area contributed by atoms with E-state index in [1.54, 1.807) is 6.20 Å². The van der Waals surface area contributed by atoms with Gasteiger partial charge in [-0.2, -0.15) is 0 Å². The molecule has 0 aliphatic heterocycles. The van der Waals surface area contributed by atoms with Gasteiger partial charge >= 0.3 is 6.03 Å². The number of amides is 2. The molecule has 0 unspecified atom stereocenters. The molecule has 0 aliphatic carbocycles. The lowest BCUT2D eigenvalue weighted by Crippen LogP contribution is -2.29. The number of carbonyl (C=O) groups excluding carboxylic acids is 1. The highest BCUT2D eigenvalue weighted by molar-refractivity contribution is 5.89. The van der Waals surface area contributed by atoms with Crippen molar-refractivity contribution in [2.24, 2.45) is 5.92 Å². The maximum absolute atomic E-state index is 12.1. The number of anilines is 1. The largest absolute Gasteiger partial charge is 0.333 e. The van der Waals surface area contributed by atoms with Gasteiger partial charge in [-0.25, -0.2) is 14.8 Å². The number of aromatic nitrogens is 4. The summed E-state index contributed by atoms with van der Waals surface area (Å²) in [7, 11) is 0. The summed E-state index contributed by atoms with van der Waals surface area (Å²) in [4.78, 5) is 20.8. The second-order valence-electron chi connectivity index (χ2n) is 6.26. The number of carbonyl (C=O) groups is 1. The number of nitrogens with zero attached hydrogens (tertiary/aromatic N) is 4. The van der Waals surface area contributed by atoms with Crippen molar-refractivity contribution < 1.29 is 4.79 Å². The maximum atomic E-state index is 12.1. The number of fused-ring (bicyclic) bond motifs is 1. The summed E-state index contributed by atoms with van der Waals surface area (Å²) in [5.74, 6) is 1.37. The maximum Gasteiger partial charge on any atom is 0.319 e. The minimum Gasteiger partial charge on any atom is -0.333 e. The van der Waals surface area contributed by atoms with E-state index in [0.29, 0.717) is 18.2 Å². The van der Waals surface area contributed by atoms with Crippen molar-refractivity contribution in [1.82, 2.24) is 24.3 Å². The molecule has 3 aromatic heterocycles. The molecule has 0 saturated carbocycles. The first-order chi connectivity index (χ1) is 11.5. The van der Waals surface area contributed by atoms with Crippen LogP contribution in [-0.4, -0.2) is 25.0 Å². The van der Waals surface area contributed by atoms with Crippen molar-refractivity contribution in [2.45, 2.75) is 33.9 Å². The summed E-state index contributed by atoms with van der Waals surface area (Å²) < 4.78 is 3.95. The van der Waals surface area contributed by atoms with Crippen LogP contribution in [0, 0.1) is 12.8 Å². The molecular weight excluding hydrogens is 304 g/mol. The van der Waals surface area contributed by atoms with Crippen LogP contribution in [0.15, 0.2) is 36.9 Å². The van der Waals surface area contributed by atoms with Gasteiger partial charge in [0.2, 0.25) is 0 Å². The molecule has 0 aromatic carbocycles. The summed E-state index contributed by atoms with van der Waals surface area (Å²) in [6.07, 6.45) is 7.45. The Morgan fingerprint density at radius 3 is 2.92 bits per heavy atom. The van der Waals surface area contributed by atoms with E-state index in [1.165, 1.54) is 0 Å². The highest BCUT2D eigenvalue weighted by Crippen LogP contribution is 2.11. The van der Waals surface area contributed by atoms with Crippen molar-refractivity contribution in [3.05, 3.63) is 48.4 Å². The van der Waals surface area contributed by atoms with Crippen molar-refractivity contribution >= 4 is 17.4 Å². The van der Waals surface area contributed by atoms with Gasteiger partial charge in [0, 0.05) is 31.3 Å². The van der Waals surface area contributed by atoms with E-state index in [1.807, 2.05) is 42.0 Å². The van der Waals surface area contributed by atoms with E-state index in [0.717, 1.165) is 23.7 Å². The van der Waals surface area contributed by atoms with Crippen LogP contribution >= 0.6 is 0 Å². The SMILES string of the molecule is Cc1cn2cc(NC(=O)NCc3nccn3CC(C)C)ccc2n1. The van der Waals surface area contributed by atoms with Gasteiger partial charge in [-0.05, 0) is 25.0 Å². The smallest absolute Gasteiger partial charge is 0.319 e. The van der Waals surface area contributed by atoms with Crippen LogP contribution in [-0.2, 0) is 13.1 Å². The van der Waals surface area contributed by atoms with Gasteiger partial charge in [-0.1, -0.05) is 13.8 Å². The predicted molar refractivity (Wildman–Crippen MR) is 92.9 cm³/mol. The van der Waals surface area contributed by atoms with Crippen molar-refractivity contribution in [3.8, 4) is 0 Å². The van der Waals surface area contributed by atoms with Crippen molar-refractivity contribution in [3.63, 3.8) is 0 Å². The van der Waals surface area contributed by atoms with E-state index in [4.69, 9.17) is 0 Å². The zero-order valence-corrected chi connectivity index (χ0v) is 14.2. The van der Waals surface area contributed by atoms with Gasteiger partial charge in [0.25, 0.3) is 0 Å². The summed E-state index contributed by atoms with van der Waals surface area (Å²) in [6, 6.07) is 3.45. The molecule has 0 bridgehead atoms. The average Bonchev–Trinajstić information content (AvgIpc) is 3.09. The Kier molecular flexibility index (Phi) is 4.50. The third kappa shape index (κ3) is 3.73. The van der Waals surface area contributed by atoms with Crippen LogP contribution in [0.4, 0.5) is 10.5 Å². The van der Waals surface area contributed by atoms with Crippen LogP contribution in [0.3, 0.4) is 0 Å². The Labute approximate surface area is 140 Å². The van der Waals surface area contributed by atoms with Gasteiger partial charge < -0.3 is 19.6 Å². The highest BCUT2D eigenvalue weighted by atomic mass is 16.2. The fourth-order valence-electron chi connectivity index (χ4n) is 2.59. The van der Waals surface area contributed by atoms with Crippen LogP contribution in [0.5, 0.6) is 0 Å². The van der Waals surface area contributed by atoms with Gasteiger partial charge in [0.1, 0.15) is 11.5 Å². The van der Waals surface area contributed by atoms with Gasteiger partial charge in [0.05, 0.1) is 17.9 Å². The monoisotopic (exact) mass is 326 g/mol. The summed E-state index contributed by atoms with van der Waals surface area (Å²) in [6.45, 7) is 7.51. The summed E-state index contributed by atoms with van der Waals surface area (Å²) >= 11 is 0. The molecule has 126 valence electrons. The number of pyridine rings is 1. The number of urea groups is 1. The number of hydrogen-bond acceptors (Lipinski definition) is 3. The highest BCUT2D eigenvalue weighted by Gasteiger charge is 2.08. The van der Waals surface area contributed by atoms with Gasteiger partial charge in [-0.15, -0.1) is 0 Å². The normalized spacial score (nSPS) is 11.2. The Hall–Kier alpha value is -2.83. The van der Waals surface area contributed by atoms with Crippen molar-refractivity contribution in [2.75, 3.05) is 5.32 Å². The summed E-state index contributed by atoms with van der Waals surface area (Å²) in [5.41, 5.74) is 2.51. The number of imidazole rings is 2.